The van der Waals surface area contributed by atoms with Crippen LogP contribution in [-0.4, -0.2) is 22.8 Å². The largest absolute Gasteiger partial charge is 0.336 e. The Morgan fingerprint density at radius 3 is 2.50 bits per heavy atom. The molecule has 28 heavy (non-hydrogen) atoms. The number of nitrogens with one attached hydrogen (secondary N) is 1. The van der Waals surface area contributed by atoms with Crippen LogP contribution in [0.2, 0.25) is 0 Å². The minimum absolute atomic E-state index is 0.125. The van der Waals surface area contributed by atoms with E-state index in [1.54, 1.807) is 36.5 Å². The van der Waals surface area contributed by atoms with Gasteiger partial charge in [0.2, 0.25) is 0 Å². The summed E-state index contributed by atoms with van der Waals surface area (Å²) < 4.78 is 0. The molecule has 0 aliphatic carbocycles. The SMILES string of the molecule is O=C1NC(=O)N(c2cccc3cccnc23)C(=O)/C1=C\C=C\c1ccccc1. The molecule has 1 N–H and O–H groups in total. The van der Waals surface area contributed by atoms with Crippen molar-refractivity contribution in [3.8, 4) is 0 Å². The minimum Gasteiger partial charge on any atom is -0.273 e. The zero-order valence-electron chi connectivity index (χ0n) is 14.7. The lowest BCUT2D eigenvalue weighted by molar-refractivity contribution is -0.122. The van der Waals surface area contributed by atoms with Gasteiger partial charge in [-0.3, -0.25) is 19.9 Å². The molecular formula is C22H15N3O3. The number of carbonyl (C=O) groups excluding carboxylic acids is 3. The first-order valence-corrected chi connectivity index (χ1v) is 8.62. The van der Waals surface area contributed by atoms with Crippen molar-refractivity contribution < 1.29 is 14.4 Å². The van der Waals surface area contributed by atoms with Crippen LogP contribution >= 0.6 is 0 Å². The Balaban J connectivity index is 1.72. The summed E-state index contributed by atoms with van der Waals surface area (Å²) in [5, 5.41) is 3.00. The van der Waals surface area contributed by atoms with E-state index >= 15 is 0 Å². The summed E-state index contributed by atoms with van der Waals surface area (Å²) in [6.45, 7) is 0. The van der Waals surface area contributed by atoms with Crippen LogP contribution in [0.4, 0.5) is 10.5 Å². The van der Waals surface area contributed by atoms with E-state index in [2.05, 4.69) is 10.3 Å². The van der Waals surface area contributed by atoms with Crippen LogP contribution in [0.1, 0.15) is 5.56 Å². The van der Waals surface area contributed by atoms with Crippen LogP contribution in [0, 0.1) is 0 Å². The molecule has 0 radical (unpaired) electrons. The van der Waals surface area contributed by atoms with Crippen LogP contribution in [0.3, 0.4) is 0 Å². The summed E-state index contributed by atoms with van der Waals surface area (Å²) >= 11 is 0. The Morgan fingerprint density at radius 2 is 1.68 bits per heavy atom. The smallest absolute Gasteiger partial charge is 0.273 e. The summed E-state index contributed by atoms with van der Waals surface area (Å²) in [4.78, 5) is 42.8. The first-order valence-electron chi connectivity index (χ1n) is 8.62. The summed E-state index contributed by atoms with van der Waals surface area (Å²) in [6.07, 6.45) is 6.37. The lowest BCUT2D eigenvalue weighted by Crippen LogP contribution is -2.54. The number of imide groups is 2. The van der Waals surface area contributed by atoms with Gasteiger partial charge in [-0.1, -0.05) is 60.7 Å². The highest BCUT2D eigenvalue weighted by molar-refractivity contribution is 6.38. The average Bonchev–Trinajstić information content (AvgIpc) is 2.71. The number of barbiturate groups is 1. The Hall–Kier alpha value is -4.06. The van der Waals surface area contributed by atoms with E-state index < -0.39 is 17.8 Å². The summed E-state index contributed by atoms with van der Waals surface area (Å²) in [5.74, 6) is -1.42. The fourth-order valence-electron chi connectivity index (χ4n) is 2.98. The van der Waals surface area contributed by atoms with Gasteiger partial charge in [-0.2, -0.15) is 0 Å². The maximum atomic E-state index is 12.9. The number of amides is 4. The topological polar surface area (TPSA) is 79.4 Å². The first-order chi connectivity index (χ1) is 13.6. The number of anilines is 1. The van der Waals surface area contributed by atoms with E-state index in [-0.39, 0.29) is 5.57 Å². The lowest BCUT2D eigenvalue weighted by Gasteiger charge is -2.26. The molecule has 4 amide bonds. The number of aromatic nitrogens is 1. The van der Waals surface area contributed by atoms with E-state index in [9.17, 15) is 14.4 Å². The average molecular weight is 369 g/mol. The van der Waals surface area contributed by atoms with Crippen LogP contribution in [0.25, 0.3) is 17.0 Å². The second-order valence-corrected chi connectivity index (χ2v) is 6.10. The van der Waals surface area contributed by atoms with E-state index in [0.29, 0.717) is 11.2 Å². The van der Waals surface area contributed by atoms with Crippen molar-refractivity contribution in [3.05, 3.63) is 90.1 Å². The molecular weight excluding hydrogens is 354 g/mol. The van der Waals surface area contributed by atoms with Crippen molar-refractivity contribution in [2.75, 3.05) is 4.90 Å². The molecule has 1 aromatic heterocycles. The highest BCUT2D eigenvalue weighted by Crippen LogP contribution is 2.27. The number of para-hydroxylation sites is 1. The van der Waals surface area contributed by atoms with E-state index in [4.69, 9.17) is 0 Å². The summed E-state index contributed by atoms with van der Waals surface area (Å²) in [6, 6.07) is 17.5. The third kappa shape index (κ3) is 3.19. The maximum Gasteiger partial charge on any atom is 0.336 e. The third-order valence-electron chi connectivity index (χ3n) is 4.31. The molecule has 1 aliphatic heterocycles. The predicted molar refractivity (Wildman–Crippen MR) is 106 cm³/mol. The number of benzene rings is 2. The number of pyridine rings is 1. The number of urea groups is 1. The fraction of sp³-hybridized carbons (Fsp3) is 0. The van der Waals surface area contributed by atoms with Gasteiger partial charge in [-0.05, 0) is 23.8 Å². The second-order valence-electron chi connectivity index (χ2n) is 6.10. The van der Waals surface area contributed by atoms with Crippen molar-refractivity contribution >= 4 is 40.5 Å². The summed E-state index contributed by atoms with van der Waals surface area (Å²) in [5.41, 5.74) is 1.63. The van der Waals surface area contributed by atoms with Gasteiger partial charge in [-0.25, -0.2) is 9.69 Å². The molecule has 1 fully saturated rings. The van der Waals surface area contributed by atoms with Gasteiger partial charge < -0.3 is 0 Å². The number of rotatable bonds is 3. The molecule has 0 bridgehead atoms. The zero-order chi connectivity index (χ0) is 19.5. The number of fused-ring (bicyclic) bond motifs is 1. The fourth-order valence-corrected chi connectivity index (χ4v) is 2.98. The molecule has 0 atom stereocenters. The molecule has 6 nitrogen and oxygen atoms in total. The molecule has 4 rings (SSSR count). The molecule has 0 saturated carbocycles. The number of hydrogen-bond donors (Lipinski definition) is 1. The van der Waals surface area contributed by atoms with Crippen LogP contribution in [-0.2, 0) is 9.59 Å². The molecule has 3 aromatic rings. The minimum atomic E-state index is -0.794. The zero-order valence-corrected chi connectivity index (χ0v) is 14.7. The van der Waals surface area contributed by atoms with E-state index in [0.717, 1.165) is 15.8 Å². The van der Waals surface area contributed by atoms with Crippen LogP contribution in [0.15, 0.2) is 84.6 Å². The normalized spacial score (nSPS) is 16.2. The van der Waals surface area contributed by atoms with Gasteiger partial charge >= 0.3 is 6.03 Å². The molecule has 0 spiro atoms. The number of hydrogen-bond acceptors (Lipinski definition) is 4. The van der Waals surface area contributed by atoms with Crippen molar-refractivity contribution in [2.24, 2.45) is 0 Å². The molecule has 136 valence electrons. The Labute approximate surface area is 160 Å². The molecule has 2 heterocycles. The Morgan fingerprint density at radius 1 is 0.893 bits per heavy atom. The van der Waals surface area contributed by atoms with Gasteiger partial charge in [0.1, 0.15) is 5.57 Å². The maximum absolute atomic E-state index is 12.9. The van der Waals surface area contributed by atoms with E-state index in [1.807, 2.05) is 42.5 Å². The molecule has 2 aromatic carbocycles. The van der Waals surface area contributed by atoms with Crippen molar-refractivity contribution in [3.63, 3.8) is 0 Å². The molecule has 1 saturated heterocycles. The monoisotopic (exact) mass is 369 g/mol. The predicted octanol–water partition coefficient (Wildman–Crippen LogP) is 3.46. The highest BCUT2D eigenvalue weighted by atomic mass is 16.2. The summed E-state index contributed by atoms with van der Waals surface area (Å²) in [7, 11) is 0. The van der Waals surface area contributed by atoms with E-state index in [1.165, 1.54) is 6.08 Å². The van der Waals surface area contributed by atoms with Crippen LogP contribution in [0.5, 0.6) is 0 Å². The van der Waals surface area contributed by atoms with Gasteiger partial charge in [0, 0.05) is 11.6 Å². The lowest BCUT2D eigenvalue weighted by atomic mass is 10.1. The Kier molecular flexibility index (Phi) is 4.51. The Bertz CT molecular complexity index is 1140. The highest BCUT2D eigenvalue weighted by Gasteiger charge is 2.37. The molecule has 6 heteroatoms. The van der Waals surface area contributed by atoms with Gasteiger partial charge in [-0.15, -0.1) is 0 Å². The number of nitrogens with zero attached hydrogens (tertiary/aromatic N) is 2. The molecule has 0 unspecified atom stereocenters. The van der Waals surface area contributed by atoms with Gasteiger partial charge in [0.25, 0.3) is 11.8 Å². The third-order valence-corrected chi connectivity index (χ3v) is 4.31. The molecule has 1 aliphatic rings. The van der Waals surface area contributed by atoms with Gasteiger partial charge in [0.05, 0.1) is 11.2 Å². The van der Waals surface area contributed by atoms with Gasteiger partial charge in [0.15, 0.2) is 0 Å². The first kappa shape index (κ1) is 17.4. The van der Waals surface area contributed by atoms with Crippen molar-refractivity contribution in [1.82, 2.24) is 10.3 Å². The van der Waals surface area contributed by atoms with Crippen molar-refractivity contribution in [1.29, 1.82) is 0 Å². The number of allylic oxidation sites excluding steroid dienone is 2. The quantitative estimate of drug-likeness (QED) is 0.566. The standard InChI is InChI=1S/C22H15N3O3/c26-20-17(12-4-9-15-7-2-1-3-8-15)21(27)25(22(28)24-20)18-13-5-10-16-11-6-14-23-19(16)18/h1-14H,(H,24,26,28)/b9-4+,17-12-. The second kappa shape index (κ2) is 7.28. The van der Waals surface area contributed by atoms with Crippen LogP contribution < -0.4 is 10.2 Å². The number of carbonyl (C=O) groups is 3. The van der Waals surface area contributed by atoms with Crippen molar-refractivity contribution in [2.45, 2.75) is 0 Å².